The molecule has 4 N–H and O–H groups in total. The van der Waals surface area contributed by atoms with E-state index in [1.807, 2.05) is 12.1 Å². The average molecular weight is 711 g/mol. The van der Waals surface area contributed by atoms with E-state index in [0.717, 1.165) is 33.9 Å². The molecule has 2 aromatic carbocycles. The van der Waals surface area contributed by atoms with Gasteiger partial charge in [0, 0.05) is 28.0 Å². The number of rotatable bonds is 8. The molecule has 1 aliphatic rings. The van der Waals surface area contributed by atoms with Gasteiger partial charge in [-0.05, 0) is 59.5 Å². The monoisotopic (exact) mass is 710 g/mol. The lowest BCUT2D eigenvalue weighted by Crippen LogP contribution is -2.57. The fourth-order valence-corrected chi connectivity index (χ4v) is 7.47. The Labute approximate surface area is 275 Å². The average Bonchev–Trinajstić information content (AvgIpc) is 3.74. The number of halogens is 3. The molecule has 0 saturated carbocycles. The topological polar surface area (TPSA) is 149 Å². The second kappa shape index (κ2) is 12.7. The van der Waals surface area contributed by atoms with Crippen molar-refractivity contribution in [3.63, 3.8) is 0 Å². The third-order valence-electron chi connectivity index (χ3n) is 7.54. The van der Waals surface area contributed by atoms with Crippen LogP contribution in [0.1, 0.15) is 48.8 Å². The second-order valence-electron chi connectivity index (χ2n) is 11.9. The molecular weight excluding hydrogens is 681 g/mol. The van der Waals surface area contributed by atoms with Crippen molar-refractivity contribution in [2.45, 2.75) is 51.4 Å². The zero-order valence-electron chi connectivity index (χ0n) is 24.8. The maximum Gasteiger partial charge on any atom is 0.399 e. The third-order valence-corrected chi connectivity index (χ3v) is 10.9. The van der Waals surface area contributed by atoms with Crippen LogP contribution >= 0.6 is 41.9 Å². The van der Waals surface area contributed by atoms with Gasteiger partial charge in [0.05, 0.1) is 9.75 Å². The summed E-state index contributed by atoms with van der Waals surface area (Å²) < 4.78 is 40.3. The van der Waals surface area contributed by atoms with Gasteiger partial charge in [0.2, 0.25) is 11.8 Å². The van der Waals surface area contributed by atoms with Crippen LogP contribution in [0.4, 0.5) is 13.9 Å². The van der Waals surface area contributed by atoms with Gasteiger partial charge >= 0.3 is 13.3 Å². The summed E-state index contributed by atoms with van der Waals surface area (Å²) in [4.78, 5) is 65.6. The minimum atomic E-state index is -5.77. The Hall–Kier alpha value is -3.26. The molecule has 2 atom stereocenters. The lowest BCUT2D eigenvalue weighted by Gasteiger charge is -2.35. The first kappa shape index (κ1) is 34.1. The number of nitrogens with zero attached hydrogens (tertiary/aromatic N) is 2. The zero-order valence-corrected chi connectivity index (χ0v) is 28.1. The Morgan fingerprint density at radius 3 is 2.43 bits per heavy atom. The number of thiazole rings is 1. The van der Waals surface area contributed by atoms with Crippen molar-refractivity contribution in [3.8, 4) is 10.4 Å². The fraction of sp³-hybridized carbons (Fsp3) is 0.333. The van der Waals surface area contributed by atoms with Crippen molar-refractivity contribution in [1.82, 2.24) is 15.2 Å². The fourth-order valence-electron chi connectivity index (χ4n) is 5.10. The van der Waals surface area contributed by atoms with Gasteiger partial charge < -0.3 is 25.3 Å². The van der Waals surface area contributed by atoms with E-state index in [1.54, 1.807) is 39.1 Å². The molecule has 0 spiro atoms. The van der Waals surface area contributed by atoms with Gasteiger partial charge in [-0.1, -0.05) is 61.9 Å². The Morgan fingerprint density at radius 1 is 1.09 bits per heavy atom. The molecule has 0 bridgehead atoms. The van der Waals surface area contributed by atoms with E-state index in [2.05, 4.69) is 15.6 Å². The molecule has 46 heavy (non-hydrogen) atoms. The molecule has 3 amide bonds. The molecule has 3 heterocycles. The number of fused-ring (bicyclic) bond motifs is 1. The van der Waals surface area contributed by atoms with Crippen LogP contribution in [0.3, 0.4) is 0 Å². The number of benzene rings is 2. The zero-order chi connectivity index (χ0) is 33.6. The van der Waals surface area contributed by atoms with Crippen LogP contribution in [-0.2, 0) is 19.8 Å². The molecule has 1 saturated heterocycles. The van der Waals surface area contributed by atoms with Crippen LogP contribution in [0.2, 0.25) is 5.02 Å². The number of hydrogen-bond acceptors (Lipinski definition) is 7. The number of thiophene rings is 1. The molecule has 5 rings (SSSR count). The van der Waals surface area contributed by atoms with Crippen molar-refractivity contribution in [2.75, 3.05) is 11.9 Å². The van der Waals surface area contributed by atoms with E-state index in [0.29, 0.717) is 34.2 Å². The highest BCUT2D eigenvalue weighted by Gasteiger charge is 2.50. The number of alkyl halides is 2. The predicted octanol–water partition coefficient (Wildman–Crippen LogP) is 6.68. The van der Waals surface area contributed by atoms with Crippen LogP contribution in [0.5, 0.6) is 0 Å². The van der Waals surface area contributed by atoms with Crippen LogP contribution in [-0.4, -0.2) is 56.0 Å². The molecular formula is C30H30ClF2N4O6PS2. The molecule has 1 aliphatic heterocycles. The van der Waals surface area contributed by atoms with Crippen LogP contribution in [0.15, 0.2) is 54.7 Å². The van der Waals surface area contributed by atoms with Crippen LogP contribution in [0, 0.1) is 5.41 Å². The summed E-state index contributed by atoms with van der Waals surface area (Å²) in [6.07, 6.45) is 2.65. The van der Waals surface area contributed by atoms with E-state index in [1.165, 1.54) is 28.4 Å². The van der Waals surface area contributed by atoms with Crippen LogP contribution < -0.4 is 10.6 Å². The smallest absolute Gasteiger partial charge is 0.339 e. The van der Waals surface area contributed by atoms with Crippen molar-refractivity contribution >= 4 is 74.8 Å². The first-order valence-corrected chi connectivity index (χ1v) is 17.7. The Balaban J connectivity index is 1.31. The lowest BCUT2D eigenvalue weighted by molar-refractivity contribution is -0.140. The number of carbonyl (C=O) groups is 3. The largest absolute Gasteiger partial charge is 0.399 e. The highest BCUT2D eigenvalue weighted by Crippen LogP contribution is 2.59. The summed E-state index contributed by atoms with van der Waals surface area (Å²) >= 11 is 8.24. The van der Waals surface area contributed by atoms with Crippen LogP contribution in [0.25, 0.3) is 20.5 Å². The third kappa shape index (κ3) is 7.02. The van der Waals surface area contributed by atoms with Crippen molar-refractivity contribution in [3.05, 3.63) is 70.2 Å². The quantitative estimate of drug-likeness (QED) is 0.149. The highest BCUT2D eigenvalue weighted by atomic mass is 35.5. The maximum absolute atomic E-state index is 14.3. The first-order chi connectivity index (χ1) is 21.5. The molecule has 0 aliphatic carbocycles. The maximum atomic E-state index is 14.3. The van der Waals surface area contributed by atoms with E-state index in [4.69, 9.17) is 21.4 Å². The summed E-state index contributed by atoms with van der Waals surface area (Å²) in [5.41, 5.74) is -5.15. The van der Waals surface area contributed by atoms with E-state index in [-0.39, 0.29) is 10.3 Å². The number of hydrogen-bond donors (Lipinski definition) is 4. The summed E-state index contributed by atoms with van der Waals surface area (Å²) in [6.45, 7) is 5.63. The summed E-state index contributed by atoms with van der Waals surface area (Å²) in [7, 11) is -5.77. The van der Waals surface area contributed by atoms with Crippen molar-refractivity contribution < 1.29 is 37.5 Å². The van der Waals surface area contributed by atoms with E-state index in [9.17, 15) is 27.7 Å². The lowest BCUT2D eigenvalue weighted by atomic mass is 9.85. The van der Waals surface area contributed by atoms with Gasteiger partial charge in [-0.15, -0.1) is 11.3 Å². The van der Waals surface area contributed by atoms with Gasteiger partial charge in [-0.3, -0.25) is 18.9 Å². The van der Waals surface area contributed by atoms with Crippen molar-refractivity contribution in [1.29, 1.82) is 0 Å². The minimum absolute atomic E-state index is 0.115. The summed E-state index contributed by atoms with van der Waals surface area (Å²) in [6, 6.07) is 9.83. The SMILES string of the molecule is CC(C)(C)C(NC(=O)c1cc2cc(C(F)(F)P(=O)(O)O)ccc2s1)C(=O)N1CCC[C@H]1C(=O)Nc1ncc(-c2ccc(Cl)cc2)s1. The van der Waals surface area contributed by atoms with E-state index >= 15 is 0 Å². The number of anilines is 1. The van der Waals surface area contributed by atoms with Gasteiger partial charge in [0.15, 0.2) is 5.13 Å². The summed E-state index contributed by atoms with van der Waals surface area (Å²) in [5.74, 6) is -1.46. The molecule has 10 nitrogen and oxygen atoms in total. The molecule has 244 valence electrons. The Morgan fingerprint density at radius 2 is 1.78 bits per heavy atom. The van der Waals surface area contributed by atoms with Gasteiger partial charge in [-0.25, -0.2) is 4.98 Å². The van der Waals surface area contributed by atoms with E-state index < -0.39 is 54.0 Å². The molecule has 4 aromatic rings. The normalized spacial score (nSPS) is 16.4. The second-order valence-corrected chi connectivity index (χ2v) is 16.1. The highest BCUT2D eigenvalue weighted by molar-refractivity contribution is 7.52. The van der Waals surface area contributed by atoms with Gasteiger partial charge in [-0.2, -0.15) is 8.78 Å². The predicted molar refractivity (Wildman–Crippen MR) is 174 cm³/mol. The number of nitrogens with one attached hydrogen (secondary N) is 2. The molecule has 1 unspecified atom stereocenters. The molecule has 2 aromatic heterocycles. The molecule has 1 fully saturated rings. The number of likely N-dealkylation sites (tertiary alicyclic amines) is 1. The standard InChI is InChI=1S/C30H30ClF2N4O6PS2/c1-29(2,3)24(35-26(39)22-14-17-13-18(8-11-21(17)45-22)30(32,33)44(41,42)43)27(40)37-12-4-5-20(37)25(38)36-28-34-15-23(46-28)16-6-9-19(31)10-7-16/h6-11,13-15,20,24H,4-5,12H2,1-3H3,(H,35,39)(H,34,36,38)(H2,41,42,43)/t20-,24?/m0/s1. The molecule has 16 heteroatoms. The first-order valence-electron chi connectivity index (χ1n) is 14.1. The minimum Gasteiger partial charge on any atom is -0.339 e. The van der Waals surface area contributed by atoms with Gasteiger partial charge in [0.25, 0.3) is 5.91 Å². The van der Waals surface area contributed by atoms with Crippen molar-refractivity contribution in [2.24, 2.45) is 5.41 Å². The summed E-state index contributed by atoms with van der Waals surface area (Å²) in [5, 5.41) is 6.75. The Bertz CT molecular complexity index is 1850. The number of amides is 3. The number of carbonyl (C=O) groups excluding carboxylic acids is 3. The van der Waals surface area contributed by atoms with Gasteiger partial charge in [0.1, 0.15) is 12.1 Å². The molecule has 0 radical (unpaired) electrons. The number of aromatic nitrogens is 1. The Kier molecular flexibility index (Phi) is 9.44.